The first-order valence-corrected chi connectivity index (χ1v) is 7.05. The lowest BCUT2D eigenvalue weighted by Gasteiger charge is -2.08. The lowest BCUT2D eigenvalue weighted by atomic mass is 10.2. The summed E-state index contributed by atoms with van der Waals surface area (Å²) in [6.45, 7) is 1.39. The van der Waals surface area contributed by atoms with Crippen molar-refractivity contribution in [2.75, 3.05) is 30.9 Å². The minimum atomic E-state index is -1.06. The number of methoxy groups -OCH3 is 1. The molecule has 0 aliphatic rings. The van der Waals surface area contributed by atoms with Crippen LogP contribution in [0.15, 0.2) is 36.5 Å². The number of amides is 1. The maximum absolute atomic E-state index is 13.1. The van der Waals surface area contributed by atoms with Crippen LogP contribution in [-0.4, -0.2) is 31.2 Å². The number of nitrogens with one attached hydrogen (secondary N) is 2. The molecule has 2 rings (SSSR count). The van der Waals surface area contributed by atoms with Crippen LogP contribution in [0.1, 0.15) is 16.8 Å². The highest BCUT2D eigenvalue weighted by molar-refractivity contribution is 6.04. The average Bonchev–Trinajstić information content (AvgIpc) is 2.55. The second-order valence-corrected chi connectivity index (χ2v) is 4.79. The Kier molecular flexibility index (Phi) is 5.99. The third-order valence-electron chi connectivity index (χ3n) is 3.03. The van der Waals surface area contributed by atoms with Crippen LogP contribution in [0.3, 0.4) is 0 Å². The molecule has 1 amide bonds. The van der Waals surface area contributed by atoms with E-state index in [1.54, 1.807) is 19.2 Å². The number of hydrogen-bond donors (Lipinski definition) is 2. The van der Waals surface area contributed by atoms with Crippen LogP contribution in [0.5, 0.6) is 0 Å². The maximum atomic E-state index is 13.1. The van der Waals surface area contributed by atoms with E-state index in [4.69, 9.17) is 4.74 Å². The Morgan fingerprint density at radius 3 is 2.70 bits per heavy atom. The van der Waals surface area contributed by atoms with Crippen molar-refractivity contribution < 1.29 is 18.3 Å². The smallest absolute Gasteiger partial charge is 0.255 e. The van der Waals surface area contributed by atoms with Gasteiger partial charge < -0.3 is 15.4 Å². The quantitative estimate of drug-likeness (QED) is 0.769. The van der Waals surface area contributed by atoms with Gasteiger partial charge in [0.05, 0.1) is 11.9 Å². The van der Waals surface area contributed by atoms with Crippen LogP contribution in [0.4, 0.5) is 20.3 Å². The van der Waals surface area contributed by atoms with E-state index in [2.05, 4.69) is 15.6 Å². The van der Waals surface area contributed by atoms with E-state index in [9.17, 15) is 13.6 Å². The first-order chi connectivity index (χ1) is 11.1. The molecule has 0 aliphatic carbocycles. The van der Waals surface area contributed by atoms with Crippen molar-refractivity contribution in [2.45, 2.75) is 6.42 Å². The molecule has 0 radical (unpaired) electrons. The SMILES string of the molecule is COCCCNc1ccc(NC(=O)c2ccc(F)c(F)c2)cn1. The van der Waals surface area contributed by atoms with Gasteiger partial charge in [0.25, 0.3) is 5.91 Å². The largest absolute Gasteiger partial charge is 0.385 e. The van der Waals surface area contributed by atoms with Gasteiger partial charge >= 0.3 is 0 Å². The third kappa shape index (κ3) is 5.00. The molecule has 23 heavy (non-hydrogen) atoms. The van der Waals surface area contributed by atoms with Crippen molar-refractivity contribution in [3.8, 4) is 0 Å². The van der Waals surface area contributed by atoms with Gasteiger partial charge in [-0.3, -0.25) is 4.79 Å². The number of carbonyl (C=O) groups excluding carboxylic acids is 1. The van der Waals surface area contributed by atoms with Crippen LogP contribution >= 0.6 is 0 Å². The highest BCUT2D eigenvalue weighted by atomic mass is 19.2. The molecule has 1 aromatic heterocycles. The van der Waals surface area contributed by atoms with Gasteiger partial charge in [0, 0.05) is 25.8 Å². The molecule has 0 fully saturated rings. The van der Waals surface area contributed by atoms with Crippen LogP contribution in [0.25, 0.3) is 0 Å². The number of benzene rings is 1. The molecular formula is C16H17F2N3O2. The second kappa shape index (κ2) is 8.19. The average molecular weight is 321 g/mol. The number of rotatable bonds is 7. The van der Waals surface area contributed by atoms with Crippen LogP contribution in [0, 0.1) is 11.6 Å². The number of pyridine rings is 1. The van der Waals surface area contributed by atoms with E-state index in [1.807, 2.05) is 0 Å². The summed E-state index contributed by atoms with van der Waals surface area (Å²) in [6.07, 6.45) is 2.34. The van der Waals surface area contributed by atoms with Crippen LogP contribution < -0.4 is 10.6 Å². The molecule has 5 nitrogen and oxygen atoms in total. The van der Waals surface area contributed by atoms with Crippen LogP contribution in [0.2, 0.25) is 0 Å². The molecule has 2 N–H and O–H groups in total. The summed E-state index contributed by atoms with van der Waals surface area (Å²) in [5.41, 5.74) is 0.493. The first-order valence-electron chi connectivity index (χ1n) is 7.05. The fourth-order valence-corrected chi connectivity index (χ4v) is 1.85. The van der Waals surface area contributed by atoms with Gasteiger partial charge in [0.2, 0.25) is 0 Å². The Balaban J connectivity index is 1.92. The lowest BCUT2D eigenvalue weighted by molar-refractivity contribution is 0.102. The monoisotopic (exact) mass is 321 g/mol. The minimum absolute atomic E-state index is 0.0330. The Hall–Kier alpha value is -2.54. The van der Waals surface area contributed by atoms with Crippen molar-refractivity contribution in [1.82, 2.24) is 4.98 Å². The molecule has 0 aliphatic heterocycles. The normalized spacial score (nSPS) is 10.4. The molecule has 0 saturated carbocycles. The standard InChI is InChI=1S/C16H17F2N3O2/c1-23-8-2-7-19-15-6-4-12(10-20-15)21-16(22)11-3-5-13(17)14(18)9-11/h3-6,9-10H,2,7-8H2,1H3,(H,19,20)(H,21,22). The number of nitrogens with zero attached hydrogens (tertiary/aromatic N) is 1. The van der Waals surface area contributed by atoms with Crippen molar-refractivity contribution in [3.05, 3.63) is 53.7 Å². The predicted molar refractivity (Wildman–Crippen MR) is 83.5 cm³/mol. The van der Waals surface area contributed by atoms with Gasteiger partial charge in [-0.05, 0) is 36.8 Å². The van der Waals surface area contributed by atoms with Gasteiger partial charge in [-0.15, -0.1) is 0 Å². The van der Waals surface area contributed by atoms with Crippen molar-refractivity contribution in [3.63, 3.8) is 0 Å². The molecule has 0 atom stereocenters. The van der Waals surface area contributed by atoms with E-state index < -0.39 is 17.5 Å². The highest BCUT2D eigenvalue weighted by Gasteiger charge is 2.10. The van der Waals surface area contributed by atoms with E-state index in [1.165, 1.54) is 12.3 Å². The summed E-state index contributed by atoms with van der Waals surface area (Å²) in [4.78, 5) is 16.1. The summed E-state index contributed by atoms with van der Waals surface area (Å²) in [7, 11) is 1.64. The zero-order chi connectivity index (χ0) is 16.7. The minimum Gasteiger partial charge on any atom is -0.385 e. The zero-order valence-electron chi connectivity index (χ0n) is 12.6. The Morgan fingerprint density at radius 1 is 1.22 bits per heavy atom. The first kappa shape index (κ1) is 16.8. The number of aromatic nitrogens is 1. The van der Waals surface area contributed by atoms with Gasteiger partial charge in [-0.2, -0.15) is 0 Å². The molecule has 0 saturated heterocycles. The van der Waals surface area contributed by atoms with E-state index in [0.29, 0.717) is 18.1 Å². The summed E-state index contributed by atoms with van der Waals surface area (Å²) < 4.78 is 30.9. The van der Waals surface area contributed by atoms with E-state index in [-0.39, 0.29) is 5.56 Å². The van der Waals surface area contributed by atoms with E-state index in [0.717, 1.165) is 25.1 Å². The number of carbonyl (C=O) groups is 1. The predicted octanol–water partition coefficient (Wildman–Crippen LogP) is 3.06. The Labute approximate surface area is 132 Å². The molecule has 0 unspecified atom stereocenters. The number of halogens is 2. The lowest BCUT2D eigenvalue weighted by Crippen LogP contribution is -2.13. The molecule has 1 aromatic carbocycles. The zero-order valence-corrected chi connectivity index (χ0v) is 12.6. The van der Waals surface area contributed by atoms with Crippen molar-refractivity contribution in [2.24, 2.45) is 0 Å². The fourth-order valence-electron chi connectivity index (χ4n) is 1.85. The Bertz CT molecular complexity index is 663. The fraction of sp³-hybridized carbons (Fsp3) is 0.250. The van der Waals surface area contributed by atoms with Gasteiger partial charge in [0.15, 0.2) is 11.6 Å². The third-order valence-corrected chi connectivity index (χ3v) is 3.03. The van der Waals surface area contributed by atoms with Gasteiger partial charge in [-0.1, -0.05) is 0 Å². The summed E-state index contributed by atoms with van der Waals surface area (Å²) in [5, 5.41) is 5.68. The molecular weight excluding hydrogens is 304 g/mol. The molecule has 7 heteroatoms. The molecule has 0 bridgehead atoms. The number of anilines is 2. The molecule has 0 spiro atoms. The maximum Gasteiger partial charge on any atom is 0.255 e. The van der Waals surface area contributed by atoms with Gasteiger partial charge in [0.1, 0.15) is 5.82 Å². The number of ether oxygens (including phenoxy) is 1. The molecule has 122 valence electrons. The highest BCUT2D eigenvalue weighted by Crippen LogP contribution is 2.13. The van der Waals surface area contributed by atoms with E-state index >= 15 is 0 Å². The Morgan fingerprint density at radius 2 is 2.04 bits per heavy atom. The van der Waals surface area contributed by atoms with Crippen molar-refractivity contribution in [1.29, 1.82) is 0 Å². The summed E-state index contributed by atoms with van der Waals surface area (Å²) in [6, 6.07) is 6.36. The molecule has 2 aromatic rings. The summed E-state index contributed by atoms with van der Waals surface area (Å²) in [5.74, 6) is -1.92. The van der Waals surface area contributed by atoms with Crippen molar-refractivity contribution >= 4 is 17.4 Å². The second-order valence-electron chi connectivity index (χ2n) is 4.79. The molecule has 1 heterocycles. The topological polar surface area (TPSA) is 63.2 Å². The number of hydrogen-bond acceptors (Lipinski definition) is 4. The van der Waals surface area contributed by atoms with Crippen LogP contribution in [-0.2, 0) is 4.74 Å². The van der Waals surface area contributed by atoms with Gasteiger partial charge in [-0.25, -0.2) is 13.8 Å². The summed E-state index contributed by atoms with van der Waals surface area (Å²) >= 11 is 0.